The summed E-state index contributed by atoms with van der Waals surface area (Å²) in [5.74, 6) is -2.18. The lowest BCUT2D eigenvalue weighted by Crippen LogP contribution is -2.57. The summed E-state index contributed by atoms with van der Waals surface area (Å²) in [5.41, 5.74) is 1.03. The van der Waals surface area contributed by atoms with Gasteiger partial charge in [0, 0.05) is 0 Å². The third-order valence-corrected chi connectivity index (χ3v) is 4.84. The van der Waals surface area contributed by atoms with Gasteiger partial charge >= 0.3 is 12.1 Å². The Balaban J connectivity index is 1.97. The molecule has 0 saturated heterocycles. The van der Waals surface area contributed by atoms with Crippen molar-refractivity contribution in [1.82, 2.24) is 10.0 Å². The van der Waals surface area contributed by atoms with E-state index in [0.717, 1.165) is 10.6 Å². The number of carbonyl (C=O) groups is 4. The number of fused-ring (bicyclic) bond motifs is 1. The van der Waals surface area contributed by atoms with Crippen LogP contribution in [0.2, 0.25) is 0 Å². The van der Waals surface area contributed by atoms with Gasteiger partial charge in [-0.15, -0.1) is 0 Å². The van der Waals surface area contributed by atoms with Gasteiger partial charge in [0.15, 0.2) is 6.04 Å². The van der Waals surface area contributed by atoms with Crippen molar-refractivity contribution in [3.05, 3.63) is 71.3 Å². The third kappa shape index (κ3) is 4.58. The number of hydrogen-bond donors (Lipinski definition) is 0. The number of imide groups is 1. The number of hydrogen-bond acceptors (Lipinski definition) is 6. The zero-order valence-electron chi connectivity index (χ0n) is 17.6. The van der Waals surface area contributed by atoms with Crippen molar-refractivity contribution in [2.24, 2.45) is 5.92 Å². The van der Waals surface area contributed by atoms with Gasteiger partial charge in [-0.2, -0.15) is 10.0 Å². The fourth-order valence-corrected chi connectivity index (χ4v) is 3.38. The number of methoxy groups -OCH3 is 1. The fourth-order valence-electron chi connectivity index (χ4n) is 3.38. The molecule has 0 saturated carbocycles. The van der Waals surface area contributed by atoms with Crippen LogP contribution >= 0.6 is 0 Å². The monoisotopic (exact) mass is 424 g/mol. The number of benzene rings is 2. The van der Waals surface area contributed by atoms with Gasteiger partial charge in [0.05, 0.1) is 18.2 Å². The van der Waals surface area contributed by atoms with Crippen molar-refractivity contribution < 1.29 is 28.7 Å². The number of carbonyl (C=O) groups excluding carboxylic acids is 4. The predicted molar refractivity (Wildman–Crippen MR) is 111 cm³/mol. The van der Waals surface area contributed by atoms with E-state index in [1.165, 1.54) is 19.2 Å². The Kier molecular flexibility index (Phi) is 6.69. The molecule has 0 unspecified atom stereocenters. The van der Waals surface area contributed by atoms with Crippen molar-refractivity contribution in [1.29, 1.82) is 0 Å². The molecule has 1 aliphatic rings. The van der Waals surface area contributed by atoms with Crippen LogP contribution < -0.4 is 0 Å². The summed E-state index contributed by atoms with van der Waals surface area (Å²) in [6.45, 7) is 3.62. The number of hydrazine groups is 1. The molecule has 1 atom stereocenters. The molecule has 2 aromatic rings. The molecule has 3 rings (SSSR count). The van der Waals surface area contributed by atoms with Crippen LogP contribution in [0.25, 0.3) is 0 Å². The van der Waals surface area contributed by atoms with Crippen LogP contribution in [0.3, 0.4) is 0 Å². The molecule has 0 aromatic heterocycles. The Morgan fingerprint density at radius 1 is 0.935 bits per heavy atom. The molecule has 1 heterocycles. The highest BCUT2D eigenvalue weighted by molar-refractivity contribution is 6.21. The average Bonchev–Trinajstić information content (AvgIpc) is 3.02. The highest BCUT2D eigenvalue weighted by atomic mass is 16.6. The van der Waals surface area contributed by atoms with Gasteiger partial charge in [-0.1, -0.05) is 56.3 Å². The van der Waals surface area contributed by atoms with Gasteiger partial charge in [-0.05, 0) is 30.0 Å². The lowest BCUT2D eigenvalue weighted by molar-refractivity contribution is -0.151. The minimum absolute atomic E-state index is 0.0382. The lowest BCUT2D eigenvalue weighted by Gasteiger charge is -2.34. The van der Waals surface area contributed by atoms with E-state index in [2.05, 4.69) is 0 Å². The van der Waals surface area contributed by atoms with E-state index in [1.54, 1.807) is 36.4 Å². The molecule has 0 fully saturated rings. The summed E-state index contributed by atoms with van der Waals surface area (Å²) in [4.78, 5) is 51.8. The molecule has 162 valence electrons. The first-order valence-corrected chi connectivity index (χ1v) is 9.90. The smallest absolute Gasteiger partial charge is 0.430 e. The molecule has 3 amide bonds. The van der Waals surface area contributed by atoms with E-state index in [4.69, 9.17) is 9.47 Å². The quantitative estimate of drug-likeness (QED) is 0.499. The Hall–Kier alpha value is -3.68. The zero-order chi connectivity index (χ0) is 22.5. The minimum atomic E-state index is -1.21. The van der Waals surface area contributed by atoms with Gasteiger partial charge in [0.2, 0.25) is 0 Å². The summed E-state index contributed by atoms with van der Waals surface area (Å²) in [7, 11) is 1.19. The normalized spacial score (nSPS) is 13.7. The van der Waals surface area contributed by atoms with Crippen LogP contribution in [-0.2, 0) is 20.9 Å². The highest BCUT2D eigenvalue weighted by Gasteiger charge is 2.47. The fraction of sp³-hybridized carbons (Fsp3) is 0.304. The third-order valence-electron chi connectivity index (χ3n) is 4.84. The van der Waals surface area contributed by atoms with E-state index >= 15 is 0 Å². The van der Waals surface area contributed by atoms with Gasteiger partial charge in [0.25, 0.3) is 11.8 Å². The summed E-state index contributed by atoms with van der Waals surface area (Å²) >= 11 is 0. The first-order valence-electron chi connectivity index (χ1n) is 9.90. The van der Waals surface area contributed by atoms with Crippen LogP contribution in [0.5, 0.6) is 0 Å². The Morgan fingerprint density at radius 2 is 1.48 bits per heavy atom. The standard InChI is InChI=1S/C23H24N2O6/c1-15(2)13-19(22(28)30-3)24(23(29)31-14-16-9-5-4-6-10-16)25-20(26)17-11-7-8-12-18(17)21(25)27/h4-12,15,19H,13-14H2,1-3H3/t19-/m1/s1. The van der Waals surface area contributed by atoms with Gasteiger partial charge in [0.1, 0.15) is 6.61 Å². The molecule has 0 bridgehead atoms. The second-order valence-electron chi connectivity index (χ2n) is 7.52. The van der Waals surface area contributed by atoms with Crippen molar-refractivity contribution in [2.45, 2.75) is 32.9 Å². The second-order valence-corrected chi connectivity index (χ2v) is 7.52. The highest BCUT2D eigenvalue weighted by Crippen LogP contribution is 2.28. The predicted octanol–water partition coefficient (Wildman–Crippen LogP) is 3.42. The summed E-state index contributed by atoms with van der Waals surface area (Å²) in [6, 6.07) is 14.0. The molecule has 8 heteroatoms. The van der Waals surface area contributed by atoms with Crippen molar-refractivity contribution in [3.8, 4) is 0 Å². The molecule has 0 N–H and O–H groups in total. The summed E-state index contributed by atoms with van der Waals surface area (Å²) < 4.78 is 10.3. The summed E-state index contributed by atoms with van der Waals surface area (Å²) in [5, 5.41) is 1.47. The molecule has 31 heavy (non-hydrogen) atoms. The summed E-state index contributed by atoms with van der Waals surface area (Å²) in [6.07, 6.45) is -0.824. The van der Waals surface area contributed by atoms with Gasteiger partial charge < -0.3 is 9.47 Å². The first-order chi connectivity index (χ1) is 14.8. The van der Waals surface area contributed by atoms with Crippen LogP contribution in [0.1, 0.15) is 46.5 Å². The Labute approximate surface area is 180 Å². The zero-order valence-corrected chi connectivity index (χ0v) is 17.6. The van der Waals surface area contributed by atoms with Crippen LogP contribution in [-0.4, -0.2) is 47.0 Å². The van der Waals surface area contributed by atoms with Crippen LogP contribution in [0.4, 0.5) is 4.79 Å². The number of nitrogens with zero attached hydrogens (tertiary/aromatic N) is 2. The number of esters is 1. The molecule has 0 radical (unpaired) electrons. The van der Waals surface area contributed by atoms with Crippen molar-refractivity contribution in [2.75, 3.05) is 7.11 Å². The second kappa shape index (κ2) is 9.42. The lowest BCUT2D eigenvalue weighted by atomic mass is 10.0. The van der Waals surface area contributed by atoms with Crippen molar-refractivity contribution >= 4 is 23.9 Å². The number of rotatable bonds is 7. The van der Waals surface area contributed by atoms with Crippen molar-refractivity contribution in [3.63, 3.8) is 0 Å². The van der Waals surface area contributed by atoms with E-state index in [0.29, 0.717) is 5.01 Å². The number of amides is 3. The molecule has 8 nitrogen and oxygen atoms in total. The SMILES string of the molecule is COC(=O)[C@@H](CC(C)C)N(C(=O)OCc1ccccc1)N1C(=O)c2ccccc2C1=O. The molecule has 2 aromatic carbocycles. The maximum absolute atomic E-state index is 13.1. The molecular formula is C23H24N2O6. The molecular weight excluding hydrogens is 400 g/mol. The maximum Gasteiger partial charge on any atom is 0.430 e. The molecule has 0 spiro atoms. The molecule has 0 aliphatic carbocycles. The minimum Gasteiger partial charge on any atom is -0.467 e. The van der Waals surface area contributed by atoms with Crippen LogP contribution in [0.15, 0.2) is 54.6 Å². The van der Waals surface area contributed by atoms with E-state index < -0.39 is 29.9 Å². The number of ether oxygens (including phenoxy) is 2. The van der Waals surface area contributed by atoms with E-state index in [1.807, 2.05) is 19.9 Å². The Bertz CT molecular complexity index is 954. The van der Waals surface area contributed by atoms with Crippen LogP contribution in [0, 0.1) is 5.92 Å². The largest absolute Gasteiger partial charge is 0.467 e. The topological polar surface area (TPSA) is 93.2 Å². The Morgan fingerprint density at radius 3 is 2.00 bits per heavy atom. The average molecular weight is 424 g/mol. The van der Waals surface area contributed by atoms with Gasteiger partial charge in [-0.3, -0.25) is 9.59 Å². The maximum atomic E-state index is 13.1. The molecule has 1 aliphatic heterocycles. The van der Waals surface area contributed by atoms with E-state index in [9.17, 15) is 19.2 Å². The van der Waals surface area contributed by atoms with Gasteiger partial charge in [-0.25, -0.2) is 9.59 Å². The van der Waals surface area contributed by atoms with E-state index in [-0.39, 0.29) is 30.1 Å². The first kappa shape index (κ1) is 22.0.